The fraction of sp³-hybridized carbons (Fsp3) is 0.438. The quantitative estimate of drug-likeness (QED) is 0.773. The molecule has 0 saturated carbocycles. The lowest BCUT2D eigenvalue weighted by atomic mass is 9.99. The topological polar surface area (TPSA) is 16.1 Å². The number of rotatable bonds is 2. The van der Waals surface area contributed by atoms with E-state index in [-0.39, 0.29) is 0 Å². The van der Waals surface area contributed by atoms with Crippen molar-refractivity contribution in [3.05, 3.63) is 35.9 Å². The van der Waals surface area contributed by atoms with Crippen LogP contribution < -0.4 is 4.90 Å². The van der Waals surface area contributed by atoms with Crippen LogP contribution in [0.4, 0.5) is 5.82 Å². The van der Waals surface area contributed by atoms with Crippen molar-refractivity contribution in [1.82, 2.24) is 4.98 Å². The summed E-state index contributed by atoms with van der Waals surface area (Å²) in [7, 11) is 0. The Labute approximate surface area is 123 Å². The van der Waals surface area contributed by atoms with Crippen LogP contribution in [0.15, 0.2) is 30.3 Å². The van der Waals surface area contributed by atoms with Crippen molar-refractivity contribution in [2.24, 2.45) is 5.92 Å². The second-order valence-corrected chi connectivity index (χ2v) is 6.05. The molecule has 1 aliphatic rings. The summed E-state index contributed by atoms with van der Waals surface area (Å²) in [4.78, 5) is 7.31. The van der Waals surface area contributed by atoms with Gasteiger partial charge < -0.3 is 4.90 Å². The van der Waals surface area contributed by atoms with E-state index in [9.17, 15) is 0 Å². The lowest BCUT2D eigenvalue weighted by molar-refractivity contribution is 0.445. The molecule has 19 heavy (non-hydrogen) atoms. The van der Waals surface area contributed by atoms with Crippen LogP contribution in [0.1, 0.15) is 18.4 Å². The Kier molecular flexibility index (Phi) is 3.74. The van der Waals surface area contributed by atoms with Gasteiger partial charge in [-0.3, -0.25) is 0 Å². The summed E-state index contributed by atoms with van der Waals surface area (Å²) in [6, 6.07) is 10.6. The van der Waals surface area contributed by atoms with Crippen LogP contribution in [0.3, 0.4) is 0 Å². The molecule has 3 rings (SSSR count). The van der Waals surface area contributed by atoms with Crippen LogP contribution in [0, 0.1) is 12.8 Å². The third-order valence-electron chi connectivity index (χ3n) is 4.02. The van der Waals surface area contributed by atoms with Gasteiger partial charge in [-0.15, -0.1) is 0 Å². The third kappa shape index (κ3) is 2.62. The van der Waals surface area contributed by atoms with E-state index < -0.39 is 0 Å². The number of hydrogen-bond acceptors (Lipinski definition) is 2. The molecule has 3 heteroatoms. The van der Waals surface area contributed by atoms with Gasteiger partial charge in [0.05, 0.1) is 5.52 Å². The molecule has 0 aliphatic carbocycles. The lowest BCUT2D eigenvalue weighted by Gasteiger charge is -2.33. The first kappa shape index (κ1) is 12.9. The average Bonchev–Trinajstić information content (AvgIpc) is 2.47. The zero-order valence-electron chi connectivity index (χ0n) is 11.3. The van der Waals surface area contributed by atoms with Crippen molar-refractivity contribution in [3.63, 3.8) is 0 Å². The molecule has 0 unspecified atom stereocenters. The van der Waals surface area contributed by atoms with E-state index in [0.29, 0.717) is 0 Å². The second-order valence-electron chi connectivity index (χ2n) is 5.41. The minimum Gasteiger partial charge on any atom is -0.356 e. The third-order valence-corrected chi connectivity index (χ3v) is 4.94. The van der Waals surface area contributed by atoms with Crippen molar-refractivity contribution in [2.45, 2.75) is 19.8 Å². The van der Waals surface area contributed by atoms with Crippen molar-refractivity contribution < 1.29 is 0 Å². The number of nitrogens with zero attached hydrogens (tertiary/aromatic N) is 2. The van der Waals surface area contributed by atoms with Gasteiger partial charge in [-0.1, -0.05) is 34.1 Å². The minimum absolute atomic E-state index is 0.831. The smallest absolute Gasteiger partial charge is 0.132 e. The number of halogens is 1. The van der Waals surface area contributed by atoms with Gasteiger partial charge in [0.25, 0.3) is 0 Å². The molecule has 1 aromatic carbocycles. The number of alkyl halides is 1. The number of fused-ring (bicyclic) bond motifs is 1. The highest BCUT2D eigenvalue weighted by atomic mass is 79.9. The molecular weight excluding hydrogens is 300 g/mol. The molecule has 2 nitrogen and oxygen atoms in total. The SMILES string of the molecule is Cc1cc2ccccc2nc1N1CCC(CBr)CC1. The summed E-state index contributed by atoms with van der Waals surface area (Å²) in [6.45, 7) is 4.43. The first-order valence-corrected chi connectivity index (χ1v) is 8.07. The summed E-state index contributed by atoms with van der Waals surface area (Å²) in [5.41, 5.74) is 2.39. The molecule has 100 valence electrons. The minimum atomic E-state index is 0.831. The van der Waals surface area contributed by atoms with Crippen LogP contribution in [-0.2, 0) is 0 Å². The summed E-state index contributed by atoms with van der Waals surface area (Å²) >= 11 is 3.60. The number of aryl methyl sites for hydroxylation is 1. The summed E-state index contributed by atoms with van der Waals surface area (Å²) < 4.78 is 0. The number of hydrogen-bond donors (Lipinski definition) is 0. The van der Waals surface area contributed by atoms with Crippen molar-refractivity contribution in [3.8, 4) is 0 Å². The van der Waals surface area contributed by atoms with Crippen molar-refractivity contribution in [1.29, 1.82) is 0 Å². The molecule has 0 N–H and O–H groups in total. The number of para-hydroxylation sites is 1. The predicted octanol–water partition coefficient (Wildman–Crippen LogP) is 4.15. The maximum Gasteiger partial charge on any atom is 0.132 e. The Morgan fingerprint density at radius 2 is 2.00 bits per heavy atom. The zero-order valence-corrected chi connectivity index (χ0v) is 12.9. The molecule has 1 fully saturated rings. The van der Waals surface area contributed by atoms with Crippen molar-refractivity contribution >= 4 is 32.7 Å². The largest absolute Gasteiger partial charge is 0.356 e. The van der Waals surface area contributed by atoms with E-state index in [2.05, 4.69) is 58.1 Å². The number of aromatic nitrogens is 1. The summed E-state index contributed by atoms with van der Waals surface area (Å²) in [5.74, 6) is 2.00. The molecule has 0 atom stereocenters. The van der Waals surface area contributed by atoms with Gasteiger partial charge in [-0.25, -0.2) is 4.98 Å². The molecule has 0 amide bonds. The zero-order chi connectivity index (χ0) is 13.2. The Morgan fingerprint density at radius 1 is 1.26 bits per heavy atom. The lowest BCUT2D eigenvalue weighted by Crippen LogP contribution is -2.35. The predicted molar refractivity (Wildman–Crippen MR) is 85.2 cm³/mol. The Bertz CT molecular complexity index is 574. The van der Waals surface area contributed by atoms with E-state index in [4.69, 9.17) is 4.98 Å². The Morgan fingerprint density at radius 3 is 2.74 bits per heavy atom. The normalized spacial score (nSPS) is 17.1. The molecule has 2 aromatic rings. The highest BCUT2D eigenvalue weighted by Gasteiger charge is 2.20. The number of piperidine rings is 1. The number of benzene rings is 1. The Hall–Kier alpha value is -1.09. The van der Waals surface area contributed by atoms with Gasteiger partial charge in [0.15, 0.2) is 0 Å². The van der Waals surface area contributed by atoms with Crippen molar-refractivity contribution in [2.75, 3.05) is 23.3 Å². The maximum absolute atomic E-state index is 4.86. The van der Waals surface area contributed by atoms with E-state index >= 15 is 0 Å². The van der Waals surface area contributed by atoms with Crippen LogP contribution >= 0.6 is 15.9 Å². The fourth-order valence-corrected chi connectivity index (χ4v) is 3.48. The van der Waals surface area contributed by atoms with Crippen LogP contribution in [0.25, 0.3) is 10.9 Å². The van der Waals surface area contributed by atoms with Gasteiger partial charge in [0, 0.05) is 23.8 Å². The van der Waals surface area contributed by atoms with Gasteiger partial charge in [-0.2, -0.15) is 0 Å². The molecule has 2 heterocycles. The maximum atomic E-state index is 4.86. The van der Waals surface area contributed by atoms with E-state index in [0.717, 1.165) is 29.9 Å². The van der Waals surface area contributed by atoms with Gasteiger partial charge in [-0.05, 0) is 43.4 Å². The van der Waals surface area contributed by atoms with Crippen LogP contribution in [0.5, 0.6) is 0 Å². The molecule has 1 aliphatic heterocycles. The molecular formula is C16H19BrN2. The van der Waals surface area contributed by atoms with E-state index in [1.807, 2.05) is 0 Å². The molecule has 1 aromatic heterocycles. The average molecular weight is 319 g/mol. The van der Waals surface area contributed by atoms with Crippen LogP contribution in [-0.4, -0.2) is 23.4 Å². The number of anilines is 1. The molecule has 0 spiro atoms. The van der Waals surface area contributed by atoms with E-state index in [1.165, 1.54) is 29.6 Å². The van der Waals surface area contributed by atoms with Crippen LogP contribution in [0.2, 0.25) is 0 Å². The fourth-order valence-electron chi connectivity index (χ4n) is 2.83. The summed E-state index contributed by atoms with van der Waals surface area (Å²) in [6.07, 6.45) is 2.53. The summed E-state index contributed by atoms with van der Waals surface area (Å²) in [5, 5.41) is 2.37. The van der Waals surface area contributed by atoms with Gasteiger partial charge >= 0.3 is 0 Å². The molecule has 0 bridgehead atoms. The molecule has 1 saturated heterocycles. The van der Waals surface area contributed by atoms with Gasteiger partial charge in [0.1, 0.15) is 5.82 Å². The highest BCUT2D eigenvalue weighted by molar-refractivity contribution is 9.09. The second kappa shape index (κ2) is 5.49. The highest BCUT2D eigenvalue weighted by Crippen LogP contribution is 2.27. The first-order chi connectivity index (χ1) is 9.28. The monoisotopic (exact) mass is 318 g/mol. The van der Waals surface area contributed by atoms with E-state index in [1.54, 1.807) is 0 Å². The Balaban J connectivity index is 1.90. The molecule has 0 radical (unpaired) electrons. The standard InChI is InChI=1S/C16H19BrN2/c1-12-10-14-4-2-3-5-15(14)18-16(12)19-8-6-13(11-17)7-9-19/h2-5,10,13H,6-9,11H2,1H3. The first-order valence-electron chi connectivity index (χ1n) is 6.95. The van der Waals surface area contributed by atoms with Gasteiger partial charge in [0.2, 0.25) is 0 Å². The number of pyridine rings is 1.